The van der Waals surface area contributed by atoms with Crippen LogP contribution in [0.15, 0.2) is 30.3 Å². The van der Waals surface area contributed by atoms with Crippen LogP contribution in [-0.2, 0) is 13.1 Å². The largest absolute Gasteiger partial charge is 0.309 e. The van der Waals surface area contributed by atoms with Gasteiger partial charge in [-0.1, -0.05) is 17.7 Å². The summed E-state index contributed by atoms with van der Waals surface area (Å²) in [5.41, 5.74) is 3.01. The second kappa shape index (κ2) is 4.95. The standard InChI is InChI=1S/C13H11ClN4O/c14-11-3-4-12(18-17-11)16-13(19)8-1-2-9-6-15-7-10(9)5-8/h1-5,15H,6-7H2,(H,16,18,19). The first-order chi connectivity index (χ1) is 9.22. The van der Waals surface area contributed by atoms with Crippen molar-refractivity contribution in [1.82, 2.24) is 15.5 Å². The monoisotopic (exact) mass is 274 g/mol. The molecule has 1 aliphatic rings. The number of hydrogen-bond donors (Lipinski definition) is 2. The molecule has 5 nitrogen and oxygen atoms in total. The van der Waals surface area contributed by atoms with Crippen molar-refractivity contribution in [3.05, 3.63) is 52.2 Å². The Hall–Kier alpha value is -1.98. The zero-order chi connectivity index (χ0) is 13.2. The van der Waals surface area contributed by atoms with Crippen LogP contribution in [-0.4, -0.2) is 16.1 Å². The maximum absolute atomic E-state index is 12.1. The number of amides is 1. The van der Waals surface area contributed by atoms with Crippen molar-refractivity contribution in [2.75, 3.05) is 5.32 Å². The van der Waals surface area contributed by atoms with Crippen molar-refractivity contribution >= 4 is 23.3 Å². The van der Waals surface area contributed by atoms with Gasteiger partial charge in [-0.15, -0.1) is 10.2 Å². The molecule has 0 aliphatic carbocycles. The Bertz CT molecular complexity index is 627. The number of nitrogens with one attached hydrogen (secondary N) is 2. The third kappa shape index (κ3) is 2.57. The first-order valence-electron chi connectivity index (χ1n) is 5.85. The molecule has 96 valence electrons. The number of aromatic nitrogens is 2. The average molecular weight is 275 g/mol. The molecule has 2 heterocycles. The van der Waals surface area contributed by atoms with E-state index in [9.17, 15) is 4.79 Å². The molecule has 19 heavy (non-hydrogen) atoms. The fraction of sp³-hybridized carbons (Fsp3) is 0.154. The number of rotatable bonds is 2. The number of carbonyl (C=O) groups is 1. The summed E-state index contributed by atoms with van der Waals surface area (Å²) >= 11 is 5.64. The fourth-order valence-corrected chi connectivity index (χ4v) is 2.11. The third-order valence-corrected chi connectivity index (χ3v) is 3.17. The lowest BCUT2D eigenvalue weighted by atomic mass is 10.1. The molecule has 0 atom stereocenters. The van der Waals surface area contributed by atoms with Gasteiger partial charge in [0.2, 0.25) is 0 Å². The molecule has 2 N–H and O–H groups in total. The third-order valence-electron chi connectivity index (χ3n) is 2.97. The molecule has 6 heteroatoms. The van der Waals surface area contributed by atoms with Crippen LogP contribution in [0, 0.1) is 0 Å². The highest BCUT2D eigenvalue weighted by atomic mass is 35.5. The first-order valence-corrected chi connectivity index (χ1v) is 6.23. The minimum absolute atomic E-state index is 0.202. The smallest absolute Gasteiger partial charge is 0.256 e. The summed E-state index contributed by atoms with van der Waals surface area (Å²) in [6.07, 6.45) is 0. The van der Waals surface area contributed by atoms with Gasteiger partial charge in [-0.2, -0.15) is 0 Å². The molecule has 1 aromatic carbocycles. The van der Waals surface area contributed by atoms with E-state index in [1.54, 1.807) is 12.1 Å². The predicted molar refractivity (Wildman–Crippen MR) is 72.0 cm³/mol. The summed E-state index contributed by atoms with van der Waals surface area (Å²) < 4.78 is 0. The minimum Gasteiger partial charge on any atom is -0.309 e. The van der Waals surface area contributed by atoms with Crippen LogP contribution in [0.3, 0.4) is 0 Å². The van der Waals surface area contributed by atoms with Gasteiger partial charge < -0.3 is 10.6 Å². The zero-order valence-electron chi connectivity index (χ0n) is 9.98. The van der Waals surface area contributed by atoms with E-state index in [-0.39, 0.29) is 5.91 Å². The van der Waals surface area contributed by atoms with Crippen molar-refractivity contribution in [2.45, 2.75) is 13.1 Å². The highest BCUT2D eigenvalue weighted by Gasteiger charge is 2.13. The van der Waals surface area contributed by atoms with Gasteiger partial charge in [0, 0.05) is 18.7 Å². The van der Waals surface area contributed by atoms with Gasteiger partial charge in [0.15, 0.2) is 11.0 Å². The van der Waals surface area contributed by atoms with Crippen LogP contribution in [0.5, 0.6) is 0 Å². The van der Waals surface area contributed by atoms with E-state index in [0.717, 1.165) is 18.7 Å². The van der Waals surface area contributed by atoms with Crippen molar-refractivity contribution in [3.63, 3.8) is 0 Å². The molecule has 0 unspecified atom stereocenters. The highest BCUT2D eigenvalue weighted by molar-refractivity contribution is 6.29. The van der Waals surface area contributed by atoms with Gasteiger partial charge in [-0.3, -0.25) is 4.79 Å². The summed E-state index contributed by atoms with van der Waals surface area (Å²) in [4.78, 5) is 12.1. The normalized spacial score (nSPS) is 13.1. The van der Waals surface area contributed by atoms with E-state index in [2.05, 4.69) is 20.8 Å². The molecule has 0 radical (unpaired) electrons. The molecular formula is C13H11ClN4O. The van der Waals surface area contributed by atoms with Crippen LogP contribution in [0.1, 0.15) is 21.5 Å². The van der Waals surface area contributed by atoms with Gasteiger partial charge in [0.25, 0.3) is 5.91 Å². The van der Waals surface area contributed by atoms with Gasteiger partial charge in [-0.05, 0) is 35.4 Å². The van der Waals surface area contributed by atoms with E-state index < -0.39 is 0 Å². The molecular weight excluding hydrogens is 264 g/mol. The number of carbonyl (C=O) groups excluding carboxylic acids is 1. The van der Waals surface area contributed by atoms with Gasteiger partial charge in [-0.25, -0.2) is 0 Å². The van der Waals surface area contributed by atoms with Crippen LogP contribution in [0.2, 0.25) is 5.15 Å². The molecule has 0 saturated carbocycles. The Morgan fingerprint density at radius 2 is 2.00 bits per heavy atom. The number of hydrogen-bond acceptors (Lipinski definition) is 4. The maximum atomic E-state index is 12.1. The maximum Gasteiger partial charge on any atom is 0.256 e. The lowest BCUT2D eigenvalue weighted by Gasteiger charge is -2.05. The number of fused-ring (bicyclic) bond motifs is 1. The molecule has 2 aromatic rings. The summed E-state index contributed by atoms with van der Waals surface area (Å²) in [5.74, 6) is 0.180. The molecule has 1 aromatic heterocycles. The summed E-state index contributed by atoms with van der Waals surface area (Å²) in [6, 6.07) is 8.87. The Morgan fingerprint density at radius 3 is 2.79 bits per heavy atom. The Balaban J connectivity index is 1.78. The molecule has 1 amide bonds. The van der Waals surface area contributed by atoms with E-state index in [0.29, 0.717) is 16.5 Å². The average Bonchev–Trinajstić information content (AvgIpc) is 2.88. The van der Waals surface area contributed by atoms with Crippen LogP contribution >= 0.6 is 11.6 Å². The molecule has 0 spiro atoms. The minimum atomic E-state index is -0.202. The second-order valence-corrected chi connectivity index (χ2v) is 4.67. The van der Waals surface area contributed by atoms with Gasteiger partial charge in [0.05, 0.1) is 0 Å². The van der Waals surface area contributed by atoms with E-state index in [1.807, 2.05) is 18.2 Å². The van der Waals surface area contributed by atoms with Gasteiger partial charge >= 0.3 is 0 Å². The molecule has 0 saturated heterocycles. The number of benzene rings is 1. The Labute approximate surface area is 115 Å². The van der Waals surface area contributed by atoms with Crippen molar-refractivity contribution < 1.29 is 4.79 Å². The molecule has 0 fully saturated rings. The quantitative estimate of drug-likeness (QED) is 0.879. The van der Waals surface area contributed by atoms with Crippen molar-refractivity contribution in [1.29, 1.82) is 0 Å². The van der Waals surface area contributed by atoms with Gasteiger partial charge in [0.1, 0.15) is 0 Å². The summed E-state index contributed by atoms with van der Waals surface area (Å²) in [5, 5.41) is 13.7. The first kappa shape index (κ1) is 12.1. The number of nitrogens with zero attached hydrogens (tertiary/aromatic N) is 2. The second-order valence-electron chi connectivity index (χ2n) is 4.28. The van der Waals surface area contributed by atoms with Crippen molar-refractivity contribution in [2.24, 2.45) is 0 Å². The van der Waals surface area contributed by atoms with Crippen LogP contribution in [0.4, 0.5) is 5.82 Å². The zero-order valence-corrected chi connectivity index (χ0v) is 10.7. The van der Waals surface area contributed by atoms with E-state index in [1.165, 1.54) is 5.56 Å². The Morgan fingerprint density at radius 1 is 1.16 bits per heavy atom. The number of halogens is 1. The Kier molecular flexibility index (Phi) is 3.15. The van der Waals surface area contributed by atoms with Crippen molar-refractivity contribution in [3.8, 4) is 0 Å². The van der Waals surface area contributed by atoms with E-state index in [4.69, 9.17) is 11.6 Å². The predicted octanol–water partition coefficient (Wildman–Crippen LogP) is 1.99. The lowest BCUT2D eigenvalue weighted by Crippen LogP contribution is -2.13. The topological polar surface area (TPSA) is 66.9 Å². The van der Waals surface area contributed by atoms with E-state index >= 15 is 0 Å². The fourth-order valence-electron chi connectivity index (χ4n) is 2.01. The highest BCUT2D eigenvalue weighted by Crippen LogP contribution is 2.17. The molecule has 0 bridgehead atoms. The molecule has 3 rings (SSSR count). The van der Waals surface area contributed by atoms with Crippen LogP contribution in [0.25, 0.3) is 0 Å². The summed E-state index contributed by atoms with van der Waals surface area (Å²) in [6.45, 7) is 1.66. The lowest BCUT2D eigenvalue weighted by molar-refractivity contribution is 0.102. The number of anilines is 1. The molecule has 1 aliphatic heterocycles. The van der Waals surface area contributed by atoms with Crippen LogP contribution < -0.4 is 10.6 Å². The summed E-state index contributed by atoms with van der Waals surface area (Å²) in [7, 11) is 0. The SMILES string of the molecule is O=C(Nc1ccc(Cl)nn1)c1ccc2c(c1)CNC2.